The molecule has 0 bridgehead atoms. The predicted octanol–water partition coefficient (Wildman–Crippen LogP) is 2.50. The molecule has 0 aliphatic carbocycles. The number of halogens is 3. The highest BCUT2D eigenvalue weighted by Gasteiger charge is 2.28. The standard InChI is InChI=1S/C16H15F3N6O/c1-9(15(26)22-7-16(17,18)19)24-13-4-2-3-12(25-13)10-6-21-14-11(10)5-20-8-23-14/h2-6,8-9H,7H2,1H3,(H,22,26)(H,24,25)(H,20,21,23). The van der Waals surface area contributed by atoms with E-state index in [4.69, 9.17) is 0 Å². The lowest BCUT2D eigenvalue weighted by Crippen LogP contribution is -2.42. The summed E-state index contributed by atoms with van der Waals surface area (Å²) in [4.78, 5) is 27.3. The van der Waals surface area contributed by atoms with Crippen LogP contribution in [0, 0.1) is 0 Å². The quantitative estimate of drug-likeness (QED) is 0.647. The normalized spacial score (nSPS) is 12.8. The van der Waals surface area contributed by atoms with Gasteiger partial charge in [-0.3, -0.25) is 4.79 Å². The Morgan fingerprint density at radius 2 is 2.15 bits per heavy atom. The summed E-state index contributed by atoms with van der Waals surface area (Å²) in [5, 5.41) is 5.41. The number of hydrogen-bond donors (Lipinski definition) is 3. The number of nitrogens with one attached hydrogen (secondary N) is 3. The van der Waals surface area contributed by atoms with Gasteiger partial charge in [0.25, 0.3) is 0 Å². The molecule has 0 fully saturated rings. The van der Waals surface area contributed by atoms with Crippen LogP contribution >= 0.6 is 0 Å². The number of pyridine rings is 1. The van der Waals surface area contributed by atoms with Gasteiger partial charge in [-0.2, -0.15) is 13.2 Å². The molecule has 3 aromatic rings. The van der Waals surface area contributed by atoms with E-state index in [1.165, 1.54) is 13.3 Å². The average molecular weight is 364 g/mol. The van der Waals surface area contributed by atoms with E-state index in [1.54, 1.807) is 30.6 Å². The van der Waals surface area contributed by atoms with Crippen molar-refractivity contribution in [1.82, 2.24) is 25.3 Å². The third-order valence-corrected chi connectivity index (χ3v) is 3.60. The number of H-pyrrole nitrogens is 1. The van der Waals surface area contributed by atoms with Crippen molar-refractivity contribution in [2.24, 2.45) is 0 Å². The summed E-state index contributed by atoms with van der Waals surface area (Å²) >= 11 is 0. The number of hydrogen-bond acceptors (Lipinski definition) is 5. The minimum atomic E-state index is -4.45. The van der Waals surface area contributed by atoms with Gasteiger partial charge in [-0.05, 0) is 19.1 Å². The first kappa shape index (κ1) is 17.6. The number of carbonyl (C=O) groups excluding carboxylic acids is 1. The van der Waals surface area contributed by atoms with Crippen molar-refractivity contribution in [2.45, 2.75) is 19.1 Å². The first-order chi connectivity index (χ1) is 12.3. The zero-order valence-corrected chi connectivity index (χ0v) is 13.6. The summed E-state index contributed by atoms with van der Waals surface area (Å²) in [5.41, 5.74) is 2.05. The lowest BCUT2D eigenvalue weighted by atomic mass is 10.1. The van der Waals surface area contributed by atoms with Crippen molar-refractivity contribution in [1.29, 1.82) is 0 Å². The molecule has 0 aromatic carbocycles. The molecule has 1 atom stereocenters. The number of nitrogens with zero attached hydrogens (tertiary/aromatic N) is 3. The number of aromatic amines is 1. The number of carbonyl (C=O) groups is 1. The minimum Gasteiger partial charge on any atom is -0.359 e. The first-order valence-corrected chi connectivity index (χ1v) is 7.69. The van der Waals surface area contributed by atoms with Crippen LogP contribution in [0.15, 0.2) is 36.9 Å². The van der Waals surface area contributed by atoms with E-state index < -0.39 is 24.7 Å². The second-order valence-corrected chi connectivity index (χ2v) is 5.59. The molecular formula is C16H15F3N6O. The molecule has 136 valence electrons. The Balaban J connectivity index is 1.74. The molecule has 0 aliphatic rings. The Hall–Kier alpha value is -3.17. The monoisotopic (exact) mass is 364 g/mol. The van der Waals surface area contributed by atoms with Gasteiger partial charge in [0, 0.05) is 23.3 Å². The Morgan fingerprint density at radius 1 is 1.35 bits per heavy atom. The molecule has 0 saturated heterocycles. The molecule has 0 radical (unpaired) electrons. The van der Waals surface area contributed by atoms with Crippen molar-refractivity contribution < 1.29 is 18.0 Å². The Bertz CT molecular complexity index is 923. The highest BCUT2D eigenvalue weighted by Crippen LogP contribution is 2.26. The number of fused-ring (bicyclic) bond motifs is 1. The summed E-state index contributed by atoms with van der Waals surface area (Å²) < 4.78 is 36.6. The molecule has 3 N–H and O–H groups in total. The maximum absolute atomic E-state index is 12.2. The second kappa shape index (κ2) is 6.98. The largest absolute Gasteiger partial charge is 0.405 e. The van der Waals surface area contributed by atoms with E-state index in [9.17, 15) is 18.0 Å². The van der Waals surface area contributed by atoms with E-state index in [0.717, 1.165) is 10.9 Å². The van der Waals surface area contributed by atoms with Crippen LogP contribution in [0.25, 0.3) is 22.3 Å². The zero-order chi connectivity index (χ0) is 18.7. The second-order valence-electron chi connectivity index (χ2n) is 5.59. The van der Waals surface area contributed by atoms with Gasteiger partial charge in [-0.1, -0.05) is 6.07 Å². The van der Waals surface area contributed by atoms with Crippen molar-refractivity contribution >= 4 is 22.8 Å². The lowest BCUT2D eigenvalue weighted by Gasteiger charge is -2.16. The van der Waals surface area contributed by atoms with Crippen LogP contribution in [0.3, 0.4) is 0 Å². The van der Waals surface area contributed by atoms with E-state index in [-0.39, 0.29) is 0 Å². The zero-order valence-electron chi connectivity index (χ0n) is 13.6. The predicted molar refractivity (Wildman–Crippen MR) is 89.3 cm³/mol. The number of anilines is 1. The third-order valence-electron chi connectivity index (χ3n) is 3.60. The maximum atomic E-state index is 12.2. The van der Waals surface area contributed by atoms with E-state index in [2.05, 4.69) is 25.3 Å². The number of aromatic nitrogens is 4. The fourth-order valence-corrected chi connectivity index (χ4v) is 2.36. The molecule has 26 heavy (non-hydrogen) atoms. The van der Waals surface area contributed by atoms with E-state index >= 15 is 0 Å². The van der Waals surface area contributed by atoms with Crippen LogP contribution in [-0.4, -0.2) is 44.6 Å². The summed E-state index contributed by atoms with van der Waals surface area (Å²) in [6.07, 6.45) is 0.369. The van der Waals surface area contributed by atoms with Crippen LogP contribution in [-0.2, 0) is 4.79 Å². The Kier molecular flexibility index (Phi) is 4.74. The molecule has 0 saturated carbocycles. The SMILES string of the molecule is CC(Nc1cccc(-c2c[nH]c3ncncc23)n1)C(=O)NCC(F)(F)F. The van der Waals surface area contributed by atoms with E-state index in [0.29, 0.717) is 17.2 Å². The van der Waals surface area contributed by atoms with Gasteiger partial charge in [0.1, 0.15) is 30.4 Å². The summed E-state index contributed by atoms with van der Waals surface area (Å²) in [5.74, 6) is -0.404. The fraction of sp³-hybridized carbons (Fsp3) is 0.250. The molecule has 3 heterocycles. The minimum absolute atomic E-state index is 0.364. The molecular weight excluding hydrogens is 349 g/mol. The first-order valence-electron chi connectivity index (χ1n) is 7.69. The van der Waals surface area contributed by atoms with Crippen LogP contribution in [0.1, 0.15) is 6.92 Å². The van der Waals surface area contributed by atoms with Gasteiger partial charge in [0.05, 0.1) is 5.69 Å². The van der Waals surface area contributed by atoms with Crippen molar-refractivity contribution in [3.63, 3.8) is 0 Å². The molecule has 0 spiro atoms. The topological polar surface area (TPSA) is 95.6 Å². The third kappa shape index (κ3) is 4.08. The van der Waals surface area contributed by atoms with Gasteiger partial charge in [0.15, 0.2) is 0 Å². The average Bonchev–Trinajstić information content (AvgIpc) is 3.03. The Labute approximate surface area is 146 Å². The van der Waals surface area contributed by atoms with Crippen LogP contribution in [0.2, 0.25) is 0 Å². The molecule has 3 aromatic heterocycles. The van der Waals surface area contributed by atoms with Crippen LogP contribution in [0.4, 0.5) is 19.0 Å². The highest BCUT2D eigenvalue weighted by atomic mass is 19.4. The van der Waals surface area contributed by atoms with Gasteiger partial charge in [-0.15, -0.1) is 0 Å². The Morgan fingerprint density at radius 3 is 2.92 bits per heavy atom. The molecule has 1 unspecified atom stereocenters. The lowest BCUT2D eigenvalue weighted by molar-refractivity contribution is -0.138. The molecule has 1 amide bonds. The number of alkyl halides is 3. The van der Waals surface area contributed by atoms with Gasteiger partial charge >= 0.3 is 6.18 Å². The molecule has 0 aliphatic heterocycles. The van der Waals surface area contributed by atoms with Crippen LogP contribution in [0.5, 0.6) is 0 Å². The summed E-state index contributed by atoms with van der Waals surface area (Å²) in [7, 11) is 0. The number of rotatable bonds is 5. The van der Waals surface area contributed by atoms with Gasteiger partial charge in [-0.25, -0.2) is 15.0 Å². The number of amides is 1. The summed E-state index contributed by atoms with van der Waals surface area (Å²) in [6, 6.07) is 4.25. The molecule has 3 rings (SSSR count). The van der Waals surface area contributed by atoms with Gasteiger partial charge < -0.3 is 15.6 Å². The maximum Gasteiger partial charge on any atom is 0.405 e. The fourth-order valence-electron chi connectivity index (χ4n) is 2.36. The molecule has 10 heteroatoms. The summed E-state index contributed by atoms with van der Waals surface area (Å²) in [6.45, 7) is 0.0836. The van der Waals surface area contributed by atoms with Crippen molar-refractivity contribution in [3.05, 3.63) is 36.9 Å². The van der Waals surface area contributed by atoms with Crippen LogP contribution < -0.4 is 10.6 Å². The van der Waals surface area contributed by atoms with Gasteiger partial charge in [0.2, 0.25) is 5.91 Å². The van der Waals surface area contributed by atoms with Crippen molar-refractivity contribution in [2.75, 3.05) is 11.9 Å². The molecule has 7 nitrogen and oxygen atoms in total. The van der Waals surface area contributed by atoms with E-state index in [1.807, 2.05) is 5.32 Å². The van der Waals surface area contributed by atoms with Crippen molar-refractivity contribution in [3.8, 4) is 11.3 Å². The smallest absolute Gasteiger partial charge is 0.359 e. The highest BCUT2D eigenvalue weighted by molar-refractivity contribution is 5.92.